The first kappa shape index (κ1) is 18.1. The van der Waals surface area contributed by atoms with E-state index in [4.69, 9.17) is 5.10 Å². The van der Waals surface area contributed by atoms with Crippen LogP contribution >= 0.6 is 31.9 Å². The highest BCUT2D eigenvalue weighted by atomic mass is 79.9. The van der Waals surface area contributed by atoms with Gasteiger partial charge in [0.1, 0.15) is 5.82 Å². The molecule has 1 heterocycles. The molecular formula is C22H15Br2FN2. The highest BCUT2D eigenvalue weighted by molar-refractivity contribution is 9.10. The Hall–Kier alpha value is -2.24. The van der Waals surface area contributed by atoms with Gasteiger partial charge in [-0.15, -0.1) is 0 Å². The SMILES string of the molecule is Fc1cccc(Cn2nc(-c3ccc(Br)cc3)cc2-c2ccc(Br)cc2)c1. The molecule has 4 aromatic rings. The lowest BCUT2D eigenvalue weighted by Gasteiger charge is -2.08. The zero-order valence-electron chi connectivity index (χ0n) is 14.2. The quantitative estimate of drug-likeness (QED) is 0.306. The molecule has 0 N–H and O–H groups in total. The molecule has 1 aromatic heterocycles. The molecule has 0 fully saturated rings. The molecule has 0 unspecified atom stereocenters. The van der Waals surface area contributed by atoms with Gasteiger partial charge in [-0.25, -0.2) is 4.39 Å². The highest BCUT2D eigenvalue weighted by Crippen LogP contribution is 2.28. The lowest BCUT2D eigenvalue weighted by molar-refractivity contribution is 0.620. The van der Waals surface area contributed by atoms with Crippen LogP contribution in [0.15, 0.2) is 87.8 Å². The summed E-state index contributed by atoms with van der Waals surface area (Å²) in [5.41, 5.74) is 4.85. The first-order valence-electron chi connectivity index (χ1n) is 8.43. The molecule has 0 aliphatic rings. The van der Waals surface area contributed by atoms with E-state index in [1.165, 1.54) is 6.07 Å². The van der Waals surface area contributed by atoms with E-state index >= 15 is 0 Å². The van der Waals surface area contributed by atoms with Gasteiger partial charge in [0.15, 0.2) is 0 Å². The van der Waals surface area contributed by atoms with Crippen molar-refractivity contribution in [1.82, 2.24) is 9.78 Å². The van der Waals surface area contributed by atoms with Crippen LogP contribution in [0.3, 0.4) is 0 Å². The number of hydrogen-bond donors (Lipinski definition) is 0. The Bertz CT molecular complexity index is 1070. The molecule has 0 bridgehead atoms. The van der Waals surface area contributed by atoms with E-state index in [9.17, 15) is 4.39 Å². The van der Waals surface area contributed by atoms with Crippen molar-refractivity contribution in [2.24, 2.45) is 0 Å². The van der Waals surface area contributed by atoms with Gasteiger partial charge in [0.2, 0.25) is 0 Å². The van der Waals surface area contributed by atoms with Crippen molar-refractivity contribution in [1.29, 1.82) is 0 Å². The average molecular weight is 486 g/mol. The molecule has 0 atom stereocenters. The largest absolute Gasteiger partial charge is 0.260 e. The fraction of sp³-hybridized carbons (Fsp3) is 0.0455. The highest BCUT2D eigenvalue weighted by Gasteiger charge is 2.12. The minimum absolute atomic E-state index is 0.238. The van der Waals surface area contributed by atoms with Crippen LogP contribution in [0.4, 0.5) is 4.39 Å². The summed E-state index contributed by atoms with van der Waals surface area (Å²) in [7, 11) is 0. The molecule has 3 aromatic carbocycles. The van der Waals surface area contributed by atoms with Crippen LogP contribution in [0, 0.1) is 5.82 Å². The van der Waals surface area contributed by atoms with Crippen LogP contribution < -0.4 is 0 Å². The lowest BCUT2D eigenvalue weighted by atomic mass is 10.1. The van der Waals surface area contributed by atoms with Gasteiger partial charge < -0.3 is 0 Å². The summed E-state index contributed by atoms with van der Waals surface area (Å²) in [5, 5.41) is 4.80. The van der Waals surface area contributed by atoms with Crippen molar-refractivity contribution in [2.45, 2.75) is 6.54 Å². The molecule has 4 rings (SSSR count). The van der Waals surface area contributed by atoms with Crippen LogP contribution in [0.1, 0.15) is 5.56 Å². The fourth-order valence-corrected chi connectivity index (χ4v) is 3.49. The Kier molecular flexibility index (Phi) is 5.23. The Labute approximate surface area is 173 Å². The number of rotatable bonds is 4. The van der Waals surface area contributed by atoms with Gasteiger partial charge >= 0.3 is 0 Å². The molecule has 0 radical (unpaired) electrons. The van der Waals surface area contributed by atoms with Gasteiger partial charge in [-0.1, -0.05) is 68.3 Å². The molecule has 0 aliphatic heterocycles. The number of aromatic nitrogens is 2. The van der Waals surface area contributed by atoms with E-state index in [0.29, 0.717) is 6.54 Å². The molecule has 5 heteroatoms. The monoisotopic (exact) mass is 484 g/mol. The van der Waals surface area contributed by atoms with E-state index in [2.05, 4.69) is 50.1 Å². The van der Waals surface area contributed by atoms with Crippen LogP contribution in [0.2, 0.25) is 0 Å². The molecule has 0 aliphatic carbocycles. The first-order chi connectivity index (χ1) is 13.1. The van der Waals surface area contributed by atoms with E-state index in [0.717, 1.165) is 37.0 Å². The Balaban J connectivity index is 1.79. The maximum absolute atomic E-state index is 13.6. The van der Waals surface area contributed by atoms with Crippen molar-refractivity contribution in [3.63, 3.8) is 0 Å². The Morgan fingerprint density at radius 1 is 0.778 bits per heavy atom. The predicted molar refractivity (Wildman–Crippen MR) is 114 cm³/mol. The van der Waals surface area contributed by atoms with E-state index < -0.39 is 0 Å². The van der Waals surface area contributed by atoms with Gasteiger partial charge in [-0.3, -0.25) is 4.68 Å². The molecule has 134 valence electrons. The van der Waals surface area contributed by atoms with Crippen molar-refractivity contribution in [3.8, 4) is 22.5 Å². The molecule has 0 amide bonds. The summed E-state index contributed by atoms with van der Waals surface area (Å²) < 4.78 is 17.6. The summed E-state index contributed by atoms with van der Waals surface area (Å²) in [6.07, 6.45) is 0. The third kappa shape index (κ3) is 4.20. The number of hydrogen-bond acceptors (Lipinski definition) is 1. The molecule has 27 heavy (non-hydrogen) atoms. The normalized spacial score (nSPS) is 10.9. The second-order valence-corrected chi connectivity index (χ2v) is 8.05. The van der Waals surface area contributed by atoms with Gasteiger partial charge in [0.05, 0.1) is 17.9 Å². The summed E-state index contributed by atoms with van der Waals surface area (Å²) in [5.74, 6) is -0.238. The predicted octanol–water partition coefficient (Wildman–Crippen LogP) is 6.93. The fourth-order valence-electron chi connectivity index (χ4n) is 2.96. The molecular weight excluding hydrogens is 471 g/mol. The maximum Gasteiger partial charge on any atom is 0.123 e. The van der Waals surface area contributed by atoms with Crippen LogP contribution in [0.25, 0.3) is 22.5 Å². The molecule has 2 nitrogen and oxygen atoms in total. The number of nitrogens with zero attached hydrogens (tertiary/aromatic N) is 2. The minimum atomic E-state index is -0.238. The molecule has 0 saturated carbocycles. The third-order valence-electron chi connectivity index (χ3n) is 4.28. The third-order valence-corrected chi connectivity index (χ3v) is 5.34. The zero-order valence-corrected chi connectivity index (χ0v) is 17.4. The van der Waals surface area contributed by atoms with E-state index in [-0.39, 0.29) is 5.82 Å². The maximum atomic E-state index is 13.6. The summed E-state index contributed by atoms with van der Waals surface area (Å²) in [6.45, 7) is 0.500. The summed E-state index contributed by atoms with van der Waals surface area (Å²) in [4.78, 5) is 0. The second-order valence-electron chi connectivity index (χ2n) is 6.22. The Morgan fingerprint density at radius 3 is 2.04 bits per heavy atom. The van der Waals surface area contributed by atoms with E-state index in [1.54, 1.807) is 12.1 Å². The summed E-state index contributed by atoms with van der Waals surface area (Å²) in [6, 6.07) is 24.9. The minimum Gasteiger partial charge on any atom is -0.260 e. The number of benzene rings is 3. The van der Waals surface area contributed by atoms with E-state index in [1.807, 2.05) is 47.1 Å². The van der Waals surface area contributed by atoms with Crippen molar-refractivity contribution >= 4 is 31.9 Å². The van der Waals surface area contributed by atoms with Gasteiger partial charge in [0, 0.05) is 14.5 Å². The van der Waals surface area contributed by atoms with Gasteiger partial charge in [0.25, 0.3) is 0 Å². The topological polar surface area (TPSA) is 17.8 Å². The zero-order chi connectivity index (χ0) is 18.8. The van der Waals surface area contributed by atoms with Crippen molar-refractivity contribution in [2.75, 3.05) is 0 Å². The first-order valence-corrected chi connectivity index (χ1v) is 10.0. The molecule has 0 spiro atoms. The summed E-state index contributed by atoms with van der Waals surface area (Å²) >= 11 is 6.94. The average Bonchev–Trinajstić information content (AvgIpc) is 3.07. The van der Waals surface area contributed by atoms with Crippen molar-refractivity contribution < 1.29 is 4.39 Å². The van der Waals surface area contributed by atoms with Gasteiger partial charge in [-0.05, 0) is 53.6 Å². The second kappa shape index (κ2) is 7.79. The van der Waals surface area contributed by atoms with Crippen molar-refractivity contribution in [3.05, 3.63) is 99.2 Å². The van der Waals surface area contributed by atoms with Crippen LogP contribution in [0.5, 0.6) is 0 Å². The number of halogens is 3. The standard InChI is InChI=1S/C22H15Br2FN2/c23-18-8-4-16(5-9-18)21-13-22(17-6-10-19(24)11-7-17)27(26-21)14-15-2-1-3-20(25)12-15/h1-13H,14H2. The smallest absolute Gasteiger partial charge is 0.123 e. The van der Waals surface area contributed by atoms with Crippen LogP contribution in [-0.4, -0.2) is 9.78 Å². The lowest BCUT2D eigenvalue weighted by Crippen LogP contribution is -2.04. The van der Waals surface area contributed by atoms with Gasteiger partial charge in [-0.2, -0.15) is 5.10 Å². The molecule has 0 saturated heterocycles. The Morgan fingerprint density at radius 2 is 1.41 bits per heavy atom. The van der Waals surface area contributed by atoms with Crippen LogP contribution in [-0.2, 0) is 6.54 Å².